The fourth-order valence-corrected chi connectivity index (χ4v) is 2.66. The Labute approximate surface area is 101 Å². The molecule has 2 fully saturated rings. The average Bonchev–Trinajstić information content (AvgIpc) is 3.13. The highest BCUT2D eigenvalue weighted by Crippen LogP contribution is 2.44. The van der Waals surface area contributed by atoms with E-state index in [1.807, 2.05) is 6.92 Å². The summed E-state index contributed by atoms with van der Waals surface area (Å²) in [4.78, 5) is 25.8. The van der Waals surface area contributed by atoms with Crippen molar-refractivity contribution in [2.24, 2.45) is 5.92 Å². The zero-order valence-electron chi connectivity index (χ0n) is 10.3. The van der Waals surface area contributed by atoms with Crippen LogP contribution in [0.25, 0.3) is 0 Å². The molecule has 1 saturated heterocycles. The van der Waals surface area contributed by atoms with Gasteiger partial charge in [0.1, 0.15) is 18.3 Å². The van der Waals surface area contributed by atoms with Gasteiger partial charge in [-0.05, 0) is 32.1 Å². The summed E-state index contributed by atoms with van der Waals surface area (Å²) in [5.74, 6) is -0.0742. The van der Waals surface area contributed by atoms with Crippen LogP contribution < -0.4 is 5.32 Å². The minimum atomic E-state index is -0.838. The quantitative estimate of drug-likeness (QED) is 0.795. The van der Waals surface area contributed by atoms with Crippen molar-refractivity contribution in [3.63, 3.8) is 0 Å². The van der Waals surface area contributed by atoms with Crippen LogP contribution in [0.3, 0.4) is 0 Å². The van der Waals surface area contributed by atoms with Gasteiger partial charge in [-0.2, -0.15) is 0 Å². The number of carbonyl (C=O) groups excluding carboxylic acids is 2. The van der Waals surface area contributed by atoms with Crippen LogP contribution in [-0.2, 0) is 9.59 Å². The molecule has 0 aromatic rings. The van der Waals surface area contributed by atoms with Crippen molar-refractivity contribution in [3.8, 4) is 0 Å². The lowest BCUT2D eigenvalue weighted by Crippen LogP contribution is -2.70. The predicted octanol–water partition coefficient (Wildman–Crippen LogP) is 0.862. The van der Waals surface area contributed by atoms with Crippen LogP contribution in [0.15, 0.2) is 0 Å². The first-order chi connectivity index (χ1) is 8.05. The molecular weight excluding hydrogens is 223 g/mol. The molecule has 1 aliphatic carbocycles. The van der Waals surface area contributed by atoms with Crippen molar-refractivity contribution >= 4 is 11.8 Å². The minimum absolute atomic E-state index is 0.0236. The van der Waals surface area contributed by atoms with Gasteiger partial charge in [-0.1, -0.05) is 6.92 Å². The Morgan fingerprint density at radius 3 is 2.59 bits per heavy atom. The Morgan fingerprint density at radius 1 is 1.47 bits per heavy atom. The Hall–Kier alpha value is -1.13. The summed E-state index contributed by atoms with van der Waals surface area (Å²) in [7, 11) is 0. The van der Waals surface area contributed by atoms with E-state index in [0.717, 1.165) is 12.8 Å². The zero-order valence-corrected chi connectivity index (χ0v) is 10.3. The Balaban J connectivity index is 2.29. The van der Waals surface area contributed by atoms with E-state index in [1.54, 1.807) is 6.92 Å². The molecule has 1 aliphatic heterocycles. The molecule has 0 aromatic carbocycles. The number of piperazine rings is 1. The van der Waals surface area contributed by atoms with Crippen LogP contribution in [0, 0.1) is 5.92 Å². The van der Waals surface area contributed by atoms with Crippen LogP contribution in [0.1, 0.15) is 33.1 Å². The van der Waals surface area contributed by atoms with E-state index >= 15 is 0 Å². The lowest BCUT2D eigenvalue weighted by molar-refractivity contribution is -0.158. The molecule has 2 atom stereocenters. The second-order valence-electron chi connectivity index (χ2n) is 5.03. The normalized spacial score (nSPS) is 33.8. The van der Waals surface area contributed by atoms with Crippen molar-refractivity contribution in [1.29, 1.82) is 0 Å². The molecule has 17 heavy (non-hydrogen) atoms. The number of nitrogens with zero attached hydrogens (tertiary/aromatic N) is 1. The van der Waals surface area contributed by atoms with Gasteiger partial charge < -0.3 is 10.2 Å². The molecular formula is C12H19FN2O2. The van der Waals surface area contributed by atoms with Crippen LogP contribution >= 0.6 is 0 Å². The van der Waals surface area contributed by atoms with E-state index < -0.39 is 18.3 Å². The summed E-state index contributed by atoms with van der Waals surface area (Å²) < 4.78 is 12.6. The van der Waals surface area contributed by atoms with Gasteiger partial charge in [-0.15, -0.1) is 0 Å². The molecule has 0 spiro atoms. The third kappa shape index (κ3) is 1.81. The first kappa shape index (κ1) is 12.3. The fraction of sp³-hybridized carbons (Fsp3) is 0.833. The van der Waals surface area contributed by atoms with Gasteiger partial charge in [0, 0.05) is 0 Å². The third-order valence-electron chi connectivity index (χ3n) is 3.98. The average molecular weight is 242 g/mol. The fourth-order valence-electron chi connectivity index (χ4n) is 2.66. The topological polar surface area (TPSA) is 49.4 Å². The molecule has 1 saturated carbocycles. The lowest BCUT2D eigenvalue weighted by Gasteiger charge is -2.46. The Morgan fingerprint density at radius 2 is 2.12 bits per heavy atom. The van der Waals surface area contributed by atoms with E-state index in [9.17, 15) is 14.0 Å². The summed E-state index contributed by atoms with van der Waals surface area (Å²) in [5, 5.41) is 2.76. The maximum atomic E-state index is 12.6. The number of rotatable bonds is 4. The molecule has 0 aromatic heterocycles. The molecule has 2 rings (SSSR count). The number of nitrogens with one attached hydrogen (secondary N) is 1. The van der Waals surface area contributed by atoms with Gasteiger partial charge >= 0.3 is 0 Å². The van der Waals surface area contributed by atoms with Crippen LogP contribution in [0.2, 0.25) is 0 Å². The van der Waals surface area contributed by atoms with E-state index in [1.165, 1.54) is 4.90 Å². The number of amides is 2. The largest absolute Gasteiger partial charge is 0.342 e. The van der Waals surface area contributed by atoms with Crippen LogP contribution in [0.5, 0.6) is 0 Å². The highest BCUT2D eigenvalue weighted by atomic mass is 19.1. The highest BCUT2D eigenvalue weighted by molar-refractivity contribution is 6.00. The maximum Gasteiger partial charge on any atom is 0.246 e. The summed E-state index contributed by atoms with van der Waals surface area (Å²) in [6.45, 7) is 3.03. The molecule has 2 amide bonds. The van der Waals surface area contributed by atoms with Crippen LogP contribution in [0.4, 0.5) is 4.39 Å². The second-order valence-corrected chi connectivity index (χ2v) is 5.03. The van der Waals surface area contributed by atoms with E-state index in [2.05, 4.69) is 5.32 Å². The zero-order chi connectivity index (χ0) is 12.6. The lowest BCUT2D eigenvalue weighted by atomic mass is 9.87. The second kappa shape index (κ2) is 4.27. The predicted molar refractivity (Wildman–Crippen MR) is 61.0 cm³/mol. The molecule has 0 radical (unpaired) electrons. The molecule has 5 heteroatoms. The molecule has 2 unspecified atom stereocenters. The SMILES string of the molecule is CCC1NC(=O)C(C)(C2CC2)N(CCF)C1=O. The van der Waals surface area contributed by atoms with Gasteiger partial charge in [-0.25, -0.2) is 4.39 Å². The van der Waals surface area contributed by atoms with E-state index in [4.69, 9.17) is 0 Å². The van der Waals surface area contributed by atoms with E-state index in [0.29, 0.717) is 6.42 Å². The minimum Gasteiger partial charge on any atom is -0.342 e. The molecule has 96 valence electrons. The van der Waals surface area contributed by atoms with Crippen molar-refractivity contribution < 1.29 is 14.0 Å². The molecule has 4 nitrogen and oxygen atoms in total. The smallest absolute Gasteiger partial charge is 0.246 e. The highest BCUT2D eigenvalue weighted by Gasteiger charge is 2.56. The van der Waals surface area contributed by atoms with Gasteiger partial charge in [-0.3, -0.25) is 9.59 Å². The van der Waals surface area contributed by atoms with Gasteiger partial charge in [0.2, 0.25) is 11.8 Å². The van der Waals surface area contributed by atoms with Crippen molar-refractivity contribution in [2.75, 3.05) is 13.2 Å². The maximum absolute atomic E-state index is 12.6. The summed E-state index contributed by atoms with van der Waals surface area (Å²) in [5.41, 5.74) is -0.838. The molecule has 0 bridgehead atoms. The Kier molecular flexibility index (Phi) is 3.10. The van der Waals surface area contributed by atoms with Crippen molar-refractivity contribution in [2.45, 2.75) is 44.7 Å². The van der Waals surface area contributed by atoms with Gasteiger partial charge in [0.05, 0.1) is 6.54 Å². The van der Waals surface area contributed by atoms with Crippen molar-refractivity contribution in [1.82, 2.24) is 10.2 Å². The van der Waals surface area contributed by atoms with E-state index in [-0.39, 0.29) is 24.3 Å². The summed E-state index contributed by atoms with van der Waals surface area (Å²) in [6, 6.07) is -0.485. The number of halogens is 1. The molecule has 2 aliphatic rings. The number of carbonyl (C=O) groups is 2. The van der Waals surface area contributed by atoms with Crippen molar-refractivity contribution in [3.05, 3.63) is 0 Å². The summed E-state index contributed by atoms with van der Waals surface area (Å²) >= 11 is 0. The number of hydrogen-bond donors (Lipinski definition) is 1. The third-order valence-corrected chi connectivity index (χ3v) is 3.98. The summed E-state index contributed by atoms with van der Waals surface area (Å²) in [6.07, 6.45) is 2.43. The first-order valence-electron chi connectivity index (χ1n) is 6.24. The van der Waals surface area contributed by atoms with Gasteiger partial charge in [0.15, 0.2) is 0 Å². The first-order valence-corrected chi connectivity index (χ1v) is 6.24. The van der Waals surface area contributed by atoms with Gasteiger partial charge in [0.25, 0.3) is 0 Å². The molecule has 1 N–H and O–H groups in total. The Bertz CT molecular complexity index is 343. The van der Waals surface area contributed by atoms with Crippen LogP contribution in [-0.4, -0.2) is 41.5 Å². The molecule has 1 heterocycles. The number of alkyl halides is 1. The monoisotopic (exact) mass is 242 g/mol. The number of hydrogen-bond acceptors (Lipinski definition) is 2. The standard InChI is InChI=1S/C12H19FN2O2/c1-3-9-10(16)15(7-6-13)12(2,8-4-5-8)11(17)14-9/h8-9H,3-7H2,1-2H3,(H,14,17).